The van der Waals surface area contributed by atoms with E-state index in [0.717, 1.165) is 19.1 Å². The van der Waals surface area contributed by atoms with Crippen LogP contribution in [0.15, 0.2) is 0 Å². The Labute approximate surface area is 93.2 Å². The van der Waals surface area contributed by atoms with Crippen LogP contribution < -0.4 is 5.32 Å². The van der Waals surface area contributed by atoms with E-state index in [9.17, 15) is 0 Å². The summed E-state index contributed by atoms with van der Waals surface area (Å²) in [6.07, 6.45) is 1.17. The quantitative estimate of drug-likeness (QED) is 0.602. The van der Waals surface area contributed by atoms with Crippen LogP contribution in [0.2, 0.25) is 0 Å². The maximum Gasteiger partial charge on any atom is 0.0470 e. The molecule has 0 aliphatic carbocycles. The first kappa shape index (κ1) is 14.3. The normalized spacial score (nSPS) is 13.5. The summed E-state index contributed by atoms with van der Waals surface area (Å²) < 4.78 is 5.00. The first-order valence-corrected chi connectivity index (χ1v) is 6.62. The van der Waals surface area contributed by atoms with Gasteiger partial charge in [0.15, 0.2) is 0 Å². The van der Waals surface area contributed by atoms with Crippen molar-refractivity contribution >= 4 is 11.8 Å². The lowest BCUT2D eigenvalue weighted by Gasteiger charge is -2.14. The fourth-order valence-corrected chi connectivity index (χ4v) is 2.09. The standard InChI is InChI=1S/C11H25NOS/c1-10(2)12-8-11(3)9-14-7-5-6-13-4/h10-12H,5-9H2,1-4H3. The van der Waals surface area contributed by atoms with Crippen LogP contribution in [0.5, 0.6) is 0 Å². The molecule has 86 valence electrons. The molecule has 2 nitrogen and oxygen atoms in total. The zero-order valence-corrected chi connectivity index (χ0v) is 10.8. The van der Waals surface area contributed by atoms with Gasteiger partial charge in [0.1, 0.15) is 0 Å². The van der Waals surface area contributed by atoms with Crippen molar-refractivity contribution in [3.8, 4) is 0 Å². The van der Waals surface area contributed by atoms with Gasteiger partial charge in [-0.05, 0) is 30.4 Å². The highest BCUT2D eigenvalue weighted by Gasteiger charge is 2.02. The van der Waals surface area contributed by atoms with Crippen LogP contribution in [-0.2, 0) is 4.74 Å². The molecule has 0 aromatic rings. The van der Waals surface area contributed by atoms with Gasteiger partial charge in [-0.25, -0.2) is 0 Å². The topological polar surface area (TPSA) is 21.3 Å². The molecule has 1 atom stereocenters. The molecule has 0 aromatic heterocycles. The van der Waals surface area contributed by atoms with Crippen molar-refractivity contribution in [1.29, 1.82) is 0 Å². The Morgan fingerprint density at radius 1 is 1.29 bits per heavy atom. The van der Waals surface area contributed by atoms with E-state index in [1.807, 2.05) is 11.8 Å². The molecule has 0 rings (SSSR count). The maximum absolute atomic E-state index is 5.00. The zero-order valence-electron chi connectivity index (χ0n) is 10.0. The summed E-state index contributed by atoms with van der Waals surface area (Å²) in [5.41, 5.74) is 0. The van der Waals surface area contributed by atoms with Gasteiger partial charge in [0.2, 0.25) is 0 Å². The Balaban J connectivity index is 3.14. The second-order valence-corrected chi connectivity index (χ2v) is 5.24. The number of ether oxygens (including phenoxy) is 1. The Kier molecular flexibility index (Phi) is 10.0. The molecule has 1 unspecified atom stereocenters. The third-order valence-electron chi connectivity index (χ3n) is 1.91. The highest BCUT2D eigenvalue weighted by molar-refractivity contribution is 7.99. The molecule has 0 spiro atoms. The van der Waals surface area contributed by atoms with Gasteiger partial charge in [0, 0.05) is 19.8 Å². The summed E-state index contributed by atoms with van der Waals surface area (Å²) in [6.45, 7) is 8.72. The number of hydrogen-bond donors (Lipinski definition) is 1. The number of hydrogen-bond acceptors (Lipinski definition) is 3. The average molecular weight is 219 g/mol. The van der Waals surface area contributed by atoms with Crippen LogP contribution in [0.3, 0.4) is 0 Å². The third-order valence-corrected chi connectivity index (χ3v) is 3.30. The minimum atomic E-state index is 0.607. The van der Waals surface area contributed by atoms with Gasteiger partial charge in [0.25, 0.3) is 0 Å². The summed E-state index contributed by atoms with van der Waals surface area (Å²) in [5, 5.41) is 3.46. The molecule has 0 amide bonds. The molecule has 0 aromatic carbocycles. The molecule has 0 heterocycles. The minimum Gasteiger partial charge on any atom is -0.385 e. The van der Waals surface area contributed by atoms with Gasteiger partial charge in [-0.2, -0.15) is 11.8 Å². The summed E-state index contributed by atoms with van der Waals surface area (Å²) in [7, 11) is 1.76. The average Bonchev–Trinajstić information content (AvgIpc) is 2.14. The third kappa shape index (κ3) is 10.4. The SMILES string of the molecule is COCCCSCC(C)CNC(C)C. The molecular formula is C11H25NOS. The lowest BCUT2D eigenvalue weighted by Crippen LogP contribution is -2.28. The van der Waals surface area contributed by atoms with Crippen molar-refractivity contribution < 1.29 is 4.74 Å². The lowest BCUT2D eigenvalue weighted by molar-refractivity contribution is 0.200. The van der Waals surface area contributed by atoms with Crippen molar-refractivity contribution in [2.45, 2.75) is 33.2 Å². The predicted octanol–water partition coefficient (Wildman–Crippen LogP) is 2.39. The highest BCUT2D eigenvalue weighted by Crippen LogP contribution is 2.08. The minimum absolute atomic E-state index is 0.607. The molecule has 0 fully saturated rings. The van der Waals surface area contributed by atoms with Gasteiger partial charge < -0.3 is 10.1 Å². The van der Waals surface area contributed by atoms with Crippen LogP contribution in [0.4, 0.5) is 0 Å². The summed E-state index contributed by atoms with van der Waals surface area (Å²) in [6, 6.07) is 0.607. The zero-order chi connectivity index (χ0) is 10.8. The second-order valence-electron chi connectivity index (χ2n) is 4.09. The molecule has 0 saturated heterocycles. The fraction of sp³-hybridized carbons (Fsp3) is 1.00. The van der Waals surface area contributed by atoms with E-state index >= 15 is 0 Å². The van der Waals surface area contributed by atoms with Gasteiger partial charge in [0.05, 0.1) is 0 Å². The molecule has 0 aliphatic heterocycles. The van der Waals surface area contributed by atoms with Gasteiger partial charge >= 0.3 is 0 Å². The second kappa shape index (κ2) is 9.81. The molecule has 14 heavy (non-hydrogen) atoms. The lowest BCUT2D eigenvalue weighted by atomic mass is 10.2. The Morgan fingerprint density at radius 3 is 2.57 bits per heavy atom. The Hall–Kier alpha value is 0.270. The number of methoxy groups -OCH3 is 1. The maximum atomic E-state index is 5.00. The van der Waals surface area contributed by atoms with Gasteiger partial charge in [-0.3, -0.25) is 0 Å². The Bertz CT molecular complexity index is 120. The fourth-order valence-electron chi connectivity index (χ4n) is 1.09. The molecule has 0 aliphatic rings. The van der Waals surface area contributed by atoms with Crippen LogP contribution in [0.25, 0.3) is 0 Å². The van der Waals surface area contributed by atoms with Gasteiger partial charge in [-0.1, -0.05) is 20.8 Å². The number of thioether (sulfide) groups is 1. The van der Waals surface area contributed by atoms with E-state index in [-0.39, 0.29) is 0 Å². The smallest absolute Gasteiger partial charge is 0.0470 e. The van der Waals surface area contributed by atoms with E-state index < -0.39 is 0 Å². The van der Waals surface area contributed by atoms with Crippen LogP contribution in [0.1, 0.15) is 27.2 Å². The molecule has 1 N–H and O–H groups in total. The van der Waals surface area contributed by atoms with Crippen molar-refractivity contribution in [2.24, 2.45) is 5.92 Å². The van der Waals surface area contributed by atoms with Crippen LogP contribution in [-0.4, -0.2) is 37.8 Å². The molecule has 0 radical (unpaired) electrons. The van der Waals surface area contributed by atoms with E-state index in [1.165, 1.54) is 17.9 Å². The Morgan fingerprint density at radius 2 is 2.00 bits per heavy atom. The summed E-state index contributed by atoms with van der Waals surface area (Å²) in [4.78, 5) is 0. The van der Waals surface area contributed by atoms with Crippen LogP contribution in [0, 0.1) is 5.92 Å². The van der Waals surface area contributed by atoms with Crippen molar-refractivity contribution in [3.05, 3.63) is 0 Å². The van der Waals surface area contributed by atoms with Crippen molar-refractivity contribution in [1.82, 2.24) is 5.32 Å². The van der Waals surface area contributed by atoms with E-state index in [0.29, 0.717) is 6.04 Å². The molecule has 0 bridgehead atoms. The monoisotopic (exact) mass is 219 g/mol. The first-order valence-electron chi connectivity index (χ1n) is 5.47. The first-order chi connectivity index (χ1) is 6.66. The van der Waals surface area contributed by atoms with E-state index in [1.54, 1.807) is 7.11 Å². The number of rotatable bonds is 9. The van der Waals surface area contributed by atoms with Gasteiger partial charge in [-0.15, -0.1) is 0 Å². The predicted molar refractivity (Wildman–Crippen MR) is 66.1 cm³/mol. The highest BCUT2D eigenvalue weighted by atomic mass is 32.2. The number of nitrogens with one attached hydrogen (secondary N) is 1. The largest absolute Gasteiger partial charge is 0.385 e. The van der Waals surface area contributed by atoms with E-state index in [4.69, 9.17) is 4.74 Å². The summed E-state index contributed by atoms with van der Waals surface area (Å²) >= 11 is 2.03. The van der Waals surface area contributed by atoms with E-state index in [2.05, 4.69) is 26.1 Å². The molecule has 3 heteroatoms. The molecule has 0 saturated carbocycles. The summed E-state index contributed by atoms with van der Waals surface area (Å²) in [5.74, 6) is 3.24. The molecular weight excluding hydrogens is 194 g/mol. The van der Waals surface area contributed by atoms with Crippen molar-refractivity contribution in [3.63, 3.8) is 0 Å². The van der Waals surface area contributed by atoms with Crippen LogP contribution >= 0.6 is 11.8 Å². The van der Waals surface area contributed by atoms with Crippen molar-refractivity contribution in [2.75, 3.05) is 31.8 Å².